The summed E-state index contributed by atoms with van der Waals surface area (Å²) in [6, 6.07) is 0. The lowest BCUT2D eigenvalue weighted by Crippen LogP contribution is -2.42. The molecule has 1 aliphatic carbocycles. The van der Waals surface area contributed by atoms with Gasteiger partial charge in [0.25, 0.3) is 0 Å². The minimum absolute atomic E-state index is 0.0593. The summed E-state index contributed by atoms with van der Waals surface area (Å²) in [5.74, 6) is -0.135. The molecule has 2 unspecified atom stereocenters. The Bertz CT molecular complexity index is 383. The van der Waals surface area contributed by atoms with Gasteiger partial charge in [0.1, 0.15) is 0 Å². The van der Waals surface area contributed by atoms with E-state index in [4.69, 9.17) is 9.47 Å². The first-order valence-electron chi connectivity index (χ1n) is 9.57. The topological polar surface area (TPSA) is 38.8 Å². The third-order valence-corrected chi connectivity index (χ3v) is 4.85. The average molecular weight is 342 g/mol. The molecule has 24 heavy (non-hydrogen) atoms. The molecule has 0 heterocycles. The number of hydrogen-bond acceptors (Lipinski definition) is 4. The van der Waals surface area contributed by atoms with Crippen molar-refractivity contribution in [2.45, 2.75) is 92.0 Å². The van der Waals surface area contributed by atoms with E-state index in [1.807, 2.05) is 32.8 Å². The number of carbonyl (C=O) groups excluding carboxylic acids is 1. The second-order valence-corrected chi connectivity index (χ2v) is 9.15. The number of rotatable bonds is 8. The molecule has 1 rings (SSSR count). The molecule has 0 aromatic carbocycles. The largest absolute Gasteiger partial charge is 0.435 e. The highest BCUT2D eigenvalue weighted by Gasteiger charge is 2.37. The molecule has 0 aliphatic heterocycles. The lowest BCUT2D eigenvalue weighted by atomic mass is 9.87. The van der Waals surface area contributed by atoms with Gasteiger partial charge in [-0.05, 0) is 45.7 Å². The number of nitrogens with zero attached hydrogens (tertiary/aromatic N) is 1. The lowest BCUT2D eigenvalue weighted by Gasteiger charge is -2.35. The Kier molecular flexibility index (Phi) is 8.21. The predicted molar refractivity (Wildman–Crippen MR) is 98.9 cm³/mol. The second kappa shape index (κ2) is 9.19. The first kappa shape index (κ1) is 21.4. The van der Waals surface area contributed by atoms with Crippen LogP contribution in [0.2, 0.25) is 0 Å². The maximum absolute atomic E-state index is 12.8. The van der Waals surface area contributed by atoms with Crippen molar-refractivity contribution in [2.24, 2.45) is 10.8 Å². The van der Waals surface area contributed by atoms with Crippen molar-refractivity contribution in [3.63, 3.8) is 0 Å². The van der Waals surface area contributed by atoms with Gasteiger partial charge in [0.2, 0.25) is 6.29 Å². The quantitative estimate of drug-likeness (QED) is 0.477. The Morgan fingerprint density at radius 1 is 1.12 bits per heavy atom. The molecule has 0 aromatic rings. The van der Waals surface area contributed by atoms with E-state index < -0.39 is 11.7 Å². The second-order valence-electron chi connectivity index (χ2n) is 9.15. The van der Waals surface area contributed by atoms with Crippen LogP contribution in [-0.4, -0.2) is 43.9 Å². The highest BCUT2D eigenvalue weighted by atomic mass is 16.7. The first-order chi connectivity index (χ1) is 11.1. The van der Waals surface area contributed by atoms with Gasteiger partial charge in [0.05, 0.1) is 11.5 Å². The summed E-state index contributed by atoms with van der Waals surface area (Å²) >= 11 is 0. The SMILES string of the molecule is CCC(C)(CN(C)C)C(=O)OC(CC(C)(C)C)OC1CCCCC1. The van der Waals surface area contributed by atoms with Gasteiger partial charge >= 0.3 is 5.97 Å². The predicted octanol–water partition coefficient (Wildman–Crippen LogP) is 4.62. The molecule has 0 N–H and O–H groups in total. The lowest BCUT2D eigenvalue weighted by molar-refractivity contribution is -0.209. The standard InChI is InChI=1S/C20H39NO3/c1-8-20(5,15-21(6)7)18(22)24-17(14-19(2,3)4)23-16-12-10-9-11-13-16/h16-17H,8-15H2,1-7H3. The molecular formula is C20H39NO3. The van der Waals surface area contributed by atoms with Crippen molar-refractivity contribution in [3.05, 3.63) is 0 Å². The molecular weight excluding hydrogens is 302 g/mol. The fourth-order valence-corrected chi connectivity index (χ4v) is 3.31. The summed E-state index contributed by atoms with van der Waals surface area (Å²) < 4.78 is 12.1. The highest BCUT2D eigenvalue weighted by Crippen LogP contribution is 2.31. The average Bonchev–Trinajstić information content (AvgIpc) is 2.45. The van der Waals surface area contributed by atoms with Gasteiger partial charge in [0.15, 0.2) is 0 Å². The molecule has 0 radical (unpaired) electrons. The van der Waals surface area contributed by atoms with Crippen molar-refractivity contribution >= 4 is 5.97 Å². The molecule has 142 valence electrons. The highest BCUT2D eigenvalue weighted by molar-refractivity contribution is 5.76. The molecule has 4 heteroatoms. The molecule has 2 atom stereocenters. The van der Waals surface area contributed by atoms with Crippen LogP contribution in [0.25, 0.3) is 0 Å². The maximum Gasteiger partial charge on any atom is 0.315 e. The summed E-state index contributed by atoms with van der Waals surface area (Å²) in [6.45, 7) is 11.2. The molecule has 4 nitrogen and oxygen atoms in total. The molecule has 1 aliphatic rings. The van der Waals surface area contributed by atoms with Crippen LogP contribution < -0.4 is 0 Å². The van der Waals surface area contributed by atoms with Crippen LogP contribution in [0.1, 0.15) is 79.6 Å². The van der Waals surface area contributed by atoms with E-state index in [0.29, 0.717) is 6.54 Å². The smallest absolute Gasteiger partial charge is 0.315 e. The number of hydrogen-bond donors (Lipinski definition) is 0. The van der Waals surface area contributed by atoms with E-state index in [9.17, 15) is 4.79 Å². The minimum atomic E-state index is -0.491. The van der Waals surface area contributed by atoms with E-state index in [1.54, 1.807) is 0 Å². The molecule has 1 saturated carbocycles. The monoisotopic (exact) mass is 341 g/mol. The van der Waals surface area contributed by atoms with E-state index in [2.05, 4.69) is 20.8 Å². The Morgan fingerprint density at radius 3 is 2.17 bits per heavy atom. The van der Waals surface area contributed by atoms with Crippen molar-refractivity contribution in [1.29, 1.82) is 0 Å². The molecule has 0 saturated heterocycles. The number of esters is 1. The van der Waals surface area contributed by atoms with Gasteiger partial charge in [-0.15, -0.1) is 0 Å². The van der Waals surface area contributed by atoms with E-state index in [0.717, 1.165) is 25.7 Å². The van der Waals surface area contributed by atoms with Crippen molar-refractivity contribution in [1.82, 2.24) is 4.90 Å². The van der Waals surface area contributed by atoms with Crippen molar-refractivity contribution in [3.8, 4) is 0 Å². The van der Waals surface area contributed by atoms with Crippen LogP contribution >= 0.6 is 0 Å². The fourth-order valence-electron chi connectivity index (χ4n) is 3.31. The van der Waals surface area contributed by atoms with Crippen LogP contribution in [0.4, 0.5) is 0 Å². The summed E-state index contributed by atoms with van der Waals surface area (Å²) in [4.78, 5) is 14.9. The van der Waals surface area contributed by atoms with Crippen LogP contribution in [-0.2, 0) is 14.3 Å². The molecule has 0 aromatic heterocycles. The van der Waals surface area contributed by atoms with Crippen LogP contribution in [0, 0.1) is 10.8 Å². The molecule has 1 fully saturated rings. The zero-order valence-corrected chi connectivity index (χ0v) is 17.0. The van der Waals surface area contributed by atoms with Gasteiger partial charge in [-0.3, -0.25) is 4.79 Å². The number of carbonyl (C=O) groups is 1. The van der Waals surface area contributed by atoms with Crippen molar-refractivity contribution in [2.75, 3.05) is 20.6 Å². The molecule has 0 spiro atoms. The zero-order chi connectivity index (χ0) is 18.4. The van der Waals surface area contributed by atoms with Gasteiger partial charge in [-0.1, -0.05) is 47.0 Å². The summed E-state index contributed by atoms with van der Waals surface area (Å²) in [6.07, 6.45) is 7.19. The third-order valence-electron chi connectivity index (χ3n) is 4.85. The normalized spacial score (nSPS) is 20.7. The minimum Gasteiger partial charge on any atom is -0.435 e. The van der Waals surface area contributed by atoms with Gasteiger partial charge in [-0.2, -0.15) is 0 Å². The molecule has 0 bridgehead atoms. The molecule has 0 amide bonds. The van der Waals surface area contributed by atoms with E-state index >= 15 is 0 Å². The van der Waals surface area contributed by atoms with Crippen LogP contribution in [0.5, 0.6) is 0 Å². The summed E-state index contributed by atoms with van der Waals surface area (Å²) in [7, 11) is 3.98. The van der Waals surface area contributed by atoms with Crippen molar-refractivity contribution < 1.29 is 14.3 Å². The fraction of sp³-hybridized carbons (Fsp3) is 0.950. The summed E-state index contributed by atoms with van der Waals surface area (Å²) in [5.41, 5.74) is -0.431. The Labute approximate surface area is 149 Å². The number of ether oxygens (including phenoxy) is 2. The van der Waals surface area contributed by atoms with E-state index in [-0.39, 0.29) is 17.5 Å². The Morgan fingerprint density at radius 2 is 1.71 bits per heavy atom. The first-order valence-corrected chi connectivity index (χ1v) is 9.57. The van der Waals surface area contributed by atoms with E-state index in [1.165, 1.54) is 19.3 Å². The Balaban J connectivity index is 2.76. The Hall–Kier alpha value is -0.610. The van der Waals surface area contributed by atoms with Crippen LogP contribution in [0.3, 0.4) is 0 Å². The van der Waals surface area contributed by atoms with Gasteiger partial charge in [-0.25, -0.2) is 0 Å². The zero-order valence-electron chi connectivity index (χ0n) is 17.0. The third kappa shape index (κ3) is 7.52. The van der Waals surface area contributed by atoms with Crippen LogP contribution in [0.15, 0.2) is 0 Å². The van der Waals surface area contributed by atoms with Gasteiger partial charge < -0.3 is 14.4 Å². The maximum atomic E-state index is 12.8. The van der Waals surface area contributed by atoms with Gasteiger partial charge in [0, 0.05) is 13.0 Å². The summed E-state index contributed by atoms with van der Waals surface area (Å²) in [5, 5.41) is 0.